The van der Waals surface area contributed by atoms with E-state index in [1.165, 1.54) is 37.1 Å². The number of phenols is 1. The number of aliphatic hydroxyl groups excluding tert-OH is 5. The lowest BCUT2D eigenvalue weighted by Gasteiger charge is -2.56. The predicted molar refractivity (Wildman–Crippen MR) is 297 cm³/mol. The number of esters is 1. The van der Waals surface area contributed by atoms with Gasteiger partial charge in [-0.2, -0.15) is 0 Å². The number of allylic oxidation sites excluding steroid dienone is 3. The molecule has 0 radical (unpaired) electrons. The number of hydrogen-bond donors (Lipinski definition) is 10. The van der Waals surface area contributed by atoms with Crippen molar-refractivity contribution in [3.05, 3.63) is 65.8 Å². The van der Waals surface area contributed by atoms with Crippen LogP contribution in [0.5, 0.6) is 5.75 Å². The molecule has 2 unspecified atom stereocenters. The van der Waals surface area contributed by atoms with E-state index in [1.54, 1.807) is 39.0 Å². The zero-order valence-corrected chi connectivity index (χ0v) is 48.2. The van der Waals surface area contributed by atoms with Crippen molar-refractivity contribution >= 4 is 35.4 Å². The van der Waals surface area contributed by atoms with Crippen LogP contribution < -0.4 is 21.4 Å². The number of aliphatic hydroxyl groups is 5. The Hall–Kier alpha value is -5.02. The lowest BCUT2D eigenvalue weighted by Crippen LogP contribution is -2.71. The predicted octanol–water partition coefficient (Wildman–Crippen LogP) is 4.60. The number of cyclic esters (lactones) is 1. The number of benzene rings is 1. The number of ketones is 1. The van der Waals surface area contributed by atoms with Crippen LogP contribution >= 0.6 is 0 Å². The summed E-state index contributed by atoms with van der Waals surface area (Å²) in [7, 11) is 0. The highest BCUT2D eigenvalue weighted by molar-refractivity contribution is 5.93. The van der Waals surface area contributed by atoms with E-state index in [4.69, 9.17) is 9.47 Å². The topological polar surface area (TPSA) is 294 Å². The Kier molecular flexibility index (Phi) is 24.3. The molecule has 19 heteroatoms. The number of nitrogens with zero attached hydrogens (tertiary/aromatic N) is 1. The number of piperidine rings is 1. The maximum Gasteiger partial charge on any atom is 0.325 e. The second-order valence-corrected chi connectivity index (χ2v) is 23.7. The summed E-state index contributed by atoms with van der Waals surface area (Å²) in [5.74, 6) is -6.73. The van der Waals surface area contributed by atoms with Gasteiger partial charge in [0.25, 0.3) is 5.91 Å². The zero-order valence-electron chi connectivity index (χ0n) is 48.2. The number of nitrogens with one attached hydrogen (secondary N) is 4. The summed E-state index contributed by atoms with van der Waals surface area (Å²) in [6.07, 6.45) is 4.99. The van der Waals surface area contributed by atoms with Crippen LogP contribution in [0.2, 0.25) is 0 Å². The molecule has 4 heterocycles. The molecule has 3 fully saturated rings. The summed E-state index contributed by atoms with van der Waals surface area (Å²) in [5.41, 5.74) is 3.16. The fraction of sp³-hybridized carbons (Fsp3) is 0.700. The molecule has 4 aliphatic heterocycles. The van der Waals surface area contributed by atoms with E-state index in [9.17, 15) is 59.4 Å². The van der Waals surface area contributed by atoms with Crippen molar-refractivity contribution in [3.63, 3.8) is 0 Å². The molecule has 1 aromatic carbocycles. The van der Waals surface area contributed by atoms with E-state index in [1.807, 2.05) is 52.8 Å². The molecule has 0 aromatic heterocycles. The molecule has 4 amide bonds. The number of fused-ring (bicyclic) bond motifs is 2. The van der Waals surface area contributed by atoms with Crippen molar-refractivity contribution in [2.24, 2.45) is 47.3 Å². The summed E-state index contributed by atoms with van der Waals surface area (Å²) < 4.78 is 12.9. The Morgan fingerprint density at radius 3 is 2.33 bits per heavy atom. The van der Waals surface area contributed by atoms with E-state index in [-0.39, 0.29) is 92.1 Å². The van der Waals surface area contributed by atoms with Gasteiger partial charge in [-0.05, 0) is 93.9 Å². The number of ether oxygens (including phenoxy) is 2. The fourth-order valence-corrected chi connectivity index (χ4v) is 11.6. The molecule has 442 valence electrons. The normalized spacial score (nSPS) is 35.4. The Morgan fingerprint density at radius 1 is 0.937 bits per heavy atom. The second-order valence-electron chi connectivity index (χ2n) is 23.7. The number of hydrazine groups is 1. The van der Waals surface area contributed by atoms with Gasteiger partial charge in [0.05, 0.1) is 42.5 Å². The van der Waals surface area contributed by atoms with E-state index in [0.717, 1.165) is 0 Å². The smallest absolute Gasteiger partial charge is 0.325 e. The maximum atomic E-state index is 14.5. The number of carbonyl (C=O) groups excluding carboxylic acids is 6. The highest BCUT2D eigenvalue weighted by atomic mass is 16.5. The molecular weight excluding hydrogens is 1010 g/mol. The van der Waals surface area contributed by atoms with Gasteiger partial charge in [-0.3, -0.25) is 29.0 Å². The first-order valence-electron chi connectivity index (χ1n) is 28.8. The molecule has 5 rings (SSSR count). The Balaban J connectivity index is 1.35. The third kappa shape index (κ3) is 17.3. The van der Waals surface area contributed by atoms with Crippen LogP contribution in [0.3, 0.4) is 0 Å². The van der Waals surface area contributed by atoms with Gasteiger partial charge >= 0.3 is 5.97 Å². The maximum absolute atomic E-state index is 14.5. The number of Topliss-reactive ketones (excluding diaryl/α,β-unsaturated/α-hetero) is 1. The van der Waals surface area contributed by atoms with Gasteiger partial charge in [0.15, 0.2) is 0 Å². The minimum Gasteiger partial charge on any atom is -0.508 e. The third-order valence-electron chi connectivity index (χ3n) is 17.2. The van der Waals surface area contributed by atoms with Crippen molar-refractivity contribution in [1.29, 1.82) is 0 Å². The van der Waals surface area contributed by atoms with Gasteiger partial charge < -0.3 is 60.9 Å². The van der Waals surface area contributed by atoms with Gasteiger partial charge in [-0.1, -0.05) is 97.9 Å². The molecular formula is C60H93N5O14. The van der Waals surface area contributed by atoms with E-state index in [0.29, 0.717) is 49.7 Å². The Labute approximate surface area is 467 Å². The molecule has 10 N–H and O–H groups in total. The lowest BCUT2D eigenvalue weighted by molar-refractivity contribution is -0.267. The zero-order chi connectivity index (χ0) is 58.5. The van der Waals surface area contributed by atoms with Crippen LogP contribution in [0.25, 0.3) is 0 Å². The van der Waals surface area contributed by atoms with Crippen LogP contribution in [0, 0.1) is 47.3 Å². The quantitative estimate of drug-likeness (QED) is 0.0653. The summed E-state index contributed by atoms with van der Waals surface area (Å²) in [6, 6.07) is 2.77. The first kappa shape index (κ1) is 64.8. The highest BCUT2D eigenvalue weighted by Crippen LogP contribution is 2.46. The molecule has 18 atom stereocenters. The minimum absolute atomic E-state index is 0.0349. The lowest BCUT2D eigenvalue weighted by atomic mass is 9.69. The van der Waals surface area contributed by atoms with E-state index in [2.05, 4.69) is 21.4 Å². The number of phenolic OH excluding ortho intramolecular Hbond substituents is 1. The second kappa shape index (κ2) is 29.6. The summed E-state index contributed by atoms with van der Waals surface area (Å²) >= 11 is 0. The third-order valence-corrected chi connectivity index (χ3v) is 17.2. The van der Waals surface area contributed by atoms with Crippen molar-refractivity contribution in [1.82, 2.24) is 26.4 Å². The van der Waals surface area contributed by atoms with Gasteiger partial charge in [0.2, 0.25) is 17.7 Å². The molecule has 1 spiro atoms. The van der Waals surface area contributed by atoms with Crippen molar-refractivity contribution < 1.29 is 68.9 Å². The number of carbonyl (C=O) groups is 6. The van der Waals surface area contributed by atoms with Crippen molar-refractivity contribution in [3.8, 4) is 5.75 Å². The van der Waals surface area contributed by atoms with Crippen molar-refractivity contribution in [2.75, 3.05) is 6.54 Å². The van der Waals surface area contributed by atoms with E-state index < -0.39 is 108 Å². The fourth-order valence-electron chi connectivity index (χ4n) is 11.6. The van der Waals surface area contributed by atoms with Gasteiger partial charge in [0, 0.05) is 68.2 Å². The molecule has 0 aliphatic carbocycles. The van der Waals surface area contributed by atoms with Crippen molar-refractivity contribution in [2.45, 2.75) is 213 Å². The standard InChI is InChI=1S/C60H93N5O14/c1-11-42-28-36(6)60(63-55(42)73)40(10)53(71)39(9)51(79-60)32-48(69)34(4)18-13-12-14-19-35(5)50-24-16-22-44(68)31-49(70)38(8)54(72)45(26-25-37(7)66)56(74)62-52(33(2)3)57(75)61-47(30-41-20-15-21-43(67)29-41)58(76)65-27-17-23-46(64-65)59(77)78-50/h12,14-16,19-22,29,33-34,36,38-40,42,44-54,64,67-72H,11,13,17-18,23-28,30-32H2,1-10H3,(H,61,75)(H,62,74)(H,63,73)/b14-12+,22-16+,35-19+/t34-,36-,38-,39-,40-,42-,44?,45+,46?,47-,48-,49-,50-,51-,52-,53-,54+,60+/m0/s1. The van der Waals surface area contributed by atoms with Gasteiger partial charge in [0.1, 0.15) is 41.5 Å². The van der Waals surface area contributed by atoms with Crippen LogP contribution in [-0.2, 0) is 44.7 Å². The first-order valence-corrected chi connectivity index (χ1v) is 28.8. The molecule has 4 aliphatic rings. The minimum atomic E-state index is -1.51. The summed E-state index contributed by atoms with van der Waals surface area (Å²) in [6.45, 7) is 18.1. The SMILES string of the molecule is CC[C@H]1C[C@H](C)[C@@]2(NC1=O)O[C@@H](C[C@H](O)[C@@H](C)CC/C=C/C=C(\C)[C@@H]1C/C=C/C(O)C[C@H](O)[C@H](C)[C@@H](O)[C@@H](CCC(C)=O)C(=O)N[C@@H](C(C)C)C(=O)N[C@@H](Cc3cccc(O)c3)C(=O)N3CCCC(N3)C(=O)O1)[C@H](C)[C@H](O)[C@@H]2C. The summed E-state index contributed by atoms with van der Waals surface area (Å²) in [4.78, 5) is 82.3. The average molecular weight is 1110 g/mol. The molecule has 3 saturated heterocycles. The van der Waals surface area contributed by atoms with Crippen LogP contribution in [0.15, 0.2) is 60.2 Å². The molecule has 0 saturated carbocycles. The van der Waals surface area contributed by atoms with Crippen LogP contribution in [0.4, 0.5) is 0 Å². The highest BCUT2D eigenvalue weighted by Gasteiger charge is 2.57. The summed E-state index contributed by atoms with van der Waals surface area (Å²) in [5, 5.41) is 77.3. The largest absolute Gasteiger partial charge is 0.508 e. The number of aromatic hydroxyl groups is 1. The number of amides is 4. The van der Waals surface area contributed by atoms with Crippen LogP contribution in [-0.4, -0.2) is 144 Å². The molecule has 1 aromatic rings. The average Bonchev–Trinajstić information content (AvgIpc) is 3.58. The first-order chi connectivity index (χ1) is 37.3. The molecule has 79 heavy (non-hydrogen) atoms. The Bertz CT molecular complexity index is 2330. The van der Waals surface area contributed by atoms with Gasteiger partial charge in [-0.25, -0.2) is 5.43 Å². The van der Waals surface area contributed by atoms with E-state index >= 15 is 0 Å². The number of hydrogen-bond acceptors (Lipinski definition) is 15. The molecule has 2 bridgehead atoms. The monoisotopic (exact) mass is 1110 g/mol. The van der Waals surface area contributed by atoms with Gasteiger partial charge in [-0.15, -0.1) is 0 Å². The van der Waals surface area contributed by atoms with Crippen LogP contribution in [0.1, 0.15) is 145 Å². The molecule has 19 nitrogen and oxygen atoms in total. The number of rotatable bonds is 15. The Morgan fingerprint density at radius 2 is 1.66 bits per heavy atom.